The van der Waals surface area contributed by atoms with Crippen LogP contribution in [-0.4, -0.2) is 24.4 Å². The van der Waals surface area contributed by atoms with Crippen molar-refractivity contribution in [3.8, 4) is 0 Å². The van der Waals surface area contributed by atoms with Gasteiger partial charge in [0.05, 0.1) is 0 Å². The van der Waals surface area contributed by atoms with Crippen LogP contribution in [0.1, 0.15) is 23.5 Å². The zero-order valence-corrected chi connectivity index (χ0v) is 12.3. The number of hydrogen-bond donors (Lipinski definition) is 1. The van der Waals surface area contributed by atoms with Crippen molar-refractivity contribution in [1.29, 1.82) is 0 Å². The number of para-hydroxylation sites is 1. The van der Waals surface area contributed by atoms with Gasteiger partial charge in [0, 0.05) is 38.2 Å². The Hall–Kier alpha value is -2.29. The van der Waals surface area contributed by atoms with Crippen molar-refractivity contribution in [2.45, 2.75) is 18.9 Å². The largest absolute Gasteiger partial charge is 0.384 e. The number of hydrogen-bond acceptors (Lipinski definition) is 2. The van der Waals surface area contributed by atoms with Gasteiger partial charge in [-0.3, -0.25) is 4.79 Å². The summed E-state index contributed by atoms with van der Waals surface area (Å²) in [6.45, 7) is 1.52. The molecule has 108 valence electrons. The van der Waals surface area contributed by atoms with E-state index in [1.54, 1.807) is 0 Å². The van der Waals surface area contributed by atoms with Crippen molar-refractivity contribution in [2.75, 3.05) is 18.9 Å². The molecule has 0 bridgehead atoms. The lowest BCUT2D eigenvalue weighted by Crippen LogP contribution is -2.27. The third kappa shape index (κ3) is 3.07. The minimum absolute atomic E-state index is 0.197. The van der Waals surface area contributed by atoms with Gasteiger partial charge in [-0.1, -0.05) is 48.5 Å². The van der Waals surface area contributed by atoms with E-state index in [0.717, 1.165) is 6.54 Å². The molecule has 0 aliphatic carbocycles. The van der Waals surface area contributed by atoms with E-state index in [0.29, 0.717) is 13.0 Å². The number of rotatable bonds is 4. The summed E-state index contributed by atoms with van der Waals surface area (Å²) in [6.07, 6.45) is 0.563. The van der Waals surface area contributed by atoms with Crippen LogP contribution >= 0.6 is 0 Å². The summed E-state index contributed by atoms with van der Waals surface area (Å²) in [5, 5.41) is 3.37. The van der Waals surface area contributed by atoms with E-state index < -0.39 is 0 Å². The number of benzene rings is 2. The van der Waals surface area contributed by atoms with Gasteiger partial charge in [-0.05, 0) is 17.2 Å². The first-order valence-electron chi connectivity index (χ1n) is 7.35. The molecule has 2 aromatic rings. The molecule has 0 spiro atoms. The van der Waals surface area contributed by atoms with E-state index in [4.69, 9.17) is 0 Å². The highest BCUT2D eigenvalue weighted by atomic mass is 16.2. The summed E-state index contributed by atoms with van der Waals surface area (Å²) < 4.78 is 0. The van der Waals surface area contributed by atoms with Gasteiger partial charge >= 0.3 is 0 Å². The first kappa shape index (κ1) is 13.7. The van der Waals surface area contributed by atoms with E-state index in [2.05, 4.69) is 29.6 Å². The van der Waals surface area contributed by atoms with E-state index in [1.807, 2.05) is 42.3 Å². The van der Waals surface area contributed by atoms with E-state index in [9.17, 15) is 4.79 Å². The van der Waals surface area contributed by atoms with Crippen LogP contribution in [0.4, 0.5) is 5.69 Å². The number of carbonyl (C=O) groups is 1. The Morgan fingerprint density at radius 2 is 1.86 bits per heavy atom. The lowest BCUT2D eigenvalue weighted by molar-refractivity contribution is -0.130. The smallest absolute Gasteiger partial charge is 0.223 e. The van der Waals surface area contributed by atoms with Gasteiger partial charge in [-0.25, -0.2) is 0 Å². The Balaban J connectivity index is 1.62. The molecule has 3 nitrogen and oxygen atoms in total. The highest BCUT2D eigenvalue weighted by Crippen LogP contribution is 2.33. The lowest BCUT2D eigenvalue weighted by atomic mass is 9.97. The highest BCUT2D eigenvalue weighted by Gasteiger charge is 2.25. The number of amides is 1. The van der Waals surface area contributed by atoms with Crippen molar-refractivity contribution < 1.29 is 4.79 Å². The maximum Gasteiger partial charge on any atom is 0.223 e. The van der Waals surface area contributed by atoms with Crippen LogP contribution in [-0.2, 0) is 11.3 Å². The van der Waals surface area contributed by atoms with Gasteiger partial charge in [0.25, 0.3) is 0 Å². The van der Waals surface area contributed by atoms with Crippen LogP contribution in [0, 0.1) is 0 Å². The zero-order valence-electron chi connectivity index (χ0n) is 12.3. The molecular weight excluding hydrogens is 260 g/mol. The molecule has 1 amide bonds. The Bertz CT molecular complexity index is 624. The normalized spacial score (nSPS) is 16.1. The number of fused-ring (bicyclic) bond motifs is 1. The Kier molecular flexibility index (Phi) is 3.91. The van der Waals surface area contributed by atoms with Crippen LogP contribution in [0.15, 0.2) is 54.6 Å². The van der Waals surface area contributed by atoms with Crippen LogP contribution < -0.4 is 5.32 Å². The van der Waals surface area contributed by atoms with Gasteiger partial charge in [0.15, 0.2) is 0 Å². The van der Waals surface area contributed by atoms with Crippen LogP contribution in [0.5, 0.6) is 0 Å². The summed E-state index contributed by atoms with van der Waals surface area (Å²) in [6, 6.07) is 18.4. The number of nitrogens with one attached hydrogen (secondary N) is 1. The molecule has 3 heteroatoms. The summed E-state index contributed by atoms with van der Waals surface area (Å²) in [4.78, 5) is 14.2. The first-order valence-corrected chi connectivity index (χ1v) is 7.35. The molecule has 1 N–H and O–H groups in total. The van der Waals surface area contributed by atoms with Crippen LogP contribution in [0.2, 0.25) is 0 Å². The number of carbonyl (C=O) groups excluding carboxylic acids is 1. The minimum Gasteiger partial charge on any atom is -0.384 e. The van der Waals surface area contributed by atoms with E-state index in [-0.39, 0.29) is 11.8 Å². The maximum atomic E-state index is 12.4. The van der Waals surface area contributed by atoms with Crippen molar-refractivity contribution in [1.82, 2.24) is 4.90 Å². The van der Waals surface area contributed by atoms with Crippen LogP contribution in [0.3, 0.4) is 0 Å². The van der Waals surface area contributed by atoms with Crippen molar-refractivity contribution in [3.63, 3.8) is 0 Å². The SMILES string of the molecule is CN(Cc1ccccc1)C(=O)CC1CNc2ccccc21. The topological polar surface area (TPSA) is 32.3 Å². The standard InChI is InChI=1S/C18H20N2O/c1-20(13-14-7-3-2-4-8-14)18(21)11-15-12-19-17-10-6-5-9-16(15)17/h2-10,15,19H,11-13H2,1H3. The molecule has 21 heavy (non-hydrogen) atoms. The highest BCUT2D eigenvalue weighted by molar-refractivity contribution is 5.78. The molecule has 2 aromatic carbocycles. The molecular formula is C18H20N2O. The van der Waals surface area contributed by atoms with Crippen LogP contribution in [0.25, 0.3) is 0 Å². The molecule has 1 unspecified atom stereocenters. The van der Waals surface area contributed by atoms with Crippen molar-refractivity contribution in [3.05, 3.63) is 65.7 Å². The van der Waals surface area contributed by atoms with E-state index in [1.165, 1.54) is 16.8 Å². The number of nitrogens with zero attached hydrogens (tertiary/aromatic N) is 1. The molecule has 0 saturated heterocycles. The summed E-state index contributed by atoms with van der Waals surface area (Å²) in [5.74, 6) is 0.481. The second kappa shape index (κ2) is 6.00. The molecule has 1 heterocycles. The molecule has 3 rings (SSSR count). The van der Waals surface area contributed by atoms with Gasteiger partial charge in [0.2, 0.25) is 5.91 Å². The Labute approximate surface area is 125 Å². The number of anilines is 1. The predicted octanol–water partition coefficient (Wildman–Crippen LogP) is 3.24. The van der Waals surface area contributed by atoms with Gasteiger partial charge in [-0.2, -0.15) is 0 Å². The lowest BCUT2D eigenvalue weighted by Gasteiger charge is -2.19. The molecule has 1 atom stereocenters. The molecule has 0 aromatic heterocycles. The average Bonchev–Trinajstić information content (AvgIpc) is 2.91. The van der Waals surface area contributed by atoms with Crippen molar-refractivity contribution in [2.24, 2.45) is 0 Å². The van der Waals surface area contributed by atoms with Gasteiger partial charge in [0.1, 0.15) is 0 Å². The molecule has 1 aliphatic rings. The fourth-order valence-corrected chi connectivity index (χ4v) is 2.85. The van der Waals surface area contributed by atoms with Gasteiger partial charge < -0.3 is 10.2 Å². The minimum atomic E-state index is 0.197. The molecule has 0 saturated carbocycles. The second-order valence-electron chi connectivity index (χ2n) is 5.60. The van der Waals surface area contributed by atoms with Gasteiger partial charge in [-0.15, -0.1) is 0 Å². The second-order valence-corrected chi connectivity index (χ2v) is 5.60. The monoisotopic (exact) mass is 280 g/mol. The third-order valence-corrected chi connectivity index (χ3v) is 4.05. The van der Waals surface area contributed by atoms with Crippen molar-refractivity contribution >= 4 is 11.6 Å². The summed E-state index contributed by atoms with van der Waals surface area (Å²) in [5.41, 5.74) is 3.60. The molecule has 0 fully saturated rings. The first-order chi connectivity index (χ1) is 10.2. The Morgan fingerprint density at radius 3 is 2.67 bits per heavy atom. The maximum absolute atomic E-state index is 12.4. The van der Waals surface area contributed by atoms with E-state index >= 15 is 0 Å². The third-order valence-electron chi connectivity index (χ3n) is 4.05. The Morgan fingerprint density at radius 1 is 1.14 bits per heavy atom. The average molecular weight is 280 g/mol. The fourth-order valence-electron chi connectivity index (χ4n) is 2.85. The quantitative estimate of drug-likeness (QED) is 0.932. The molecule has 1 aliphatic heterocycles. The summed E-state index contributed by atoms with van der Waals surface area (Å²) in [7, 11) is 1.88. The summed E-state index contributed by atoms with van der Waals surface area (Å²) >= 11 is 0. The fraction of sp³-hybridized carbons (Fsp3) is 0.278. The molecule has 0 radical (unpaired) electrons. The predicted molar refractivity (Wildman–Crippen MR) is 85.2 cm³/mol. The zero-order chi connectivity index (χ0) is 14.7.